The maximum Gasteiger partial charge on any atom is 0.216 e. The highest BCUT2D eigenvalue weighted by Gasteiger charge is 2.28. The molecule has 0 spiro atoms. The van der Waals surface area contributed by atoms with E-state index in [1.54, 1.807) is 12.1 Å². The molecule has 0 aliphatic heterocycles. The van der Waals surface area contributed by atoms with Crippen LogP contribution >= 0.6 is 22.9 Å². The zero-order valence-electron chi connectivity index (χ0n) is 13.5. The van der Waals surface area contributed by atoms with E-state index in [0.29, 0.717) is 15.2 Å². The Hall–Kier alpha value is -2.35. The van der Waals surface area contributed by atoms with E-state index in [1.807, 2.05) is 0 Å². The molecular formula is C19H10ClF2NO2S2. The van der Waals surface area contributed by atoms with Gasteiger partial charge in [-0.15, -0.1) is 11.3 Å². The number of rotatable bonds is 3. The van der Waals surface area contributed by atoms with E-state index in [4.69, 9.17) is 11.6 Å². The summed E-state index contributed by atoms with van der Waals surface area (Å²) in [6.45, 7) is 0. The molecule has 8 heteroatoms. The summed E-state index contributed by atoms with van der Waals surface area (Å²) in [6, 6.07) is 12.1. The number of thiophene rings is 1. The second-order valence-electron chi connectivity index (χ2n) is 5.70. The van der Waals surface area contributed by atoms with Gasteiger partial charge in [-0.2, -0.15) is 0 Å². The summed E-state index contributed by atoms with van der Waals surface area (Å²) in [4.78, 5) is 4.67. The fourth-order valence-electron chi connectivity index (χ4n) is 2.77. The Kier molecular flexibility index (Phi) is 4.46. The van der Waals surface area contributed by atoms with Crippen LogP contribution in [0.15, 0.2) is 69.9 Å². The molecule has 0 unspecified atom stereocenters. The average Bonchev–Trinajstić information content (AvgIpc) is 3.02. The van der Waals surface area contributed by atoms with Crippen molar-refractivity contribution in [2.75, 3.05) is 0 Å². The summed E-state index contributed by atoms with van der Waals surface area (Å²) in [6.07, 6.45) is 1.53. The zero-order chi connectivity index (χ0) is 19.2. The van der Waals surface area contributed by atoms with Crippen LogP contribution in [0.2, 0.25) is 5.02 Å². The lowest BCUT2D eigenvalue weighted by atomic mass is 10.1. The molecule has 136 valence electrons. The molecule has 0 radical (unpaired) electrons. The predicted octanol–water partition coefficient (Wildman–Crippen LogP) is 5.73. The molecule has 3 nitrogen and oxygen atoms in total. The first-order chi connectivity index (χ1) is 12.9. The van der Waals surface area contributed by atoms with Crippen LogP contribution in [-0.2, 0) is 9.84 Å². The third kappa shape index (κ3) is 3.12. The summed E-state index contributed by atoms with van der Waals surface area (Å²) in [5.41, 5.74) is 0.179. The number of sulfone groups is 1. The van der Waals surface area contributed by atoms with Crippen molar-refractivity contribution in [3.05, 3.63) is 77.5 Å². The number of pyridine rings is 1. The molecular weight excluding hydrogens is 412 g/mol. The van der Waals surface area contributed by atoms with E-state index in [0.717, 1.165) is 23.5 Å². The van der Waals surface area contributed by atoms with Gasteiger partial charge in [0, 0.05) is 33.8 Å². The number of fused-ring (bicyclic) bond motifs is 1. The summed E-state index contributed by atoms with van der Waals surface area (Å²) in [7, 11) is -3.96. The third-order valence-electron chi connectivity index (χ3n) is 4.00. The molecule has 0 aliphatic carbocycles. The SMILES string of the molecule is O=S(=O)(c1ccc(Cl)cc1)c1sc2ncccc2c1-c1ccc(F)cc1F. The number of benzene rings is 2. The fourth-order valence-corrected chi connectivity index (χ4v) is 5.95. The fraction of sp³-hybridized carbons (Fsp3) is 0. The van der Waals surface area contributed by atoms with Crippen molar-refractivity contribution >= 4 is 43.0 Å². The first kappa shape index (κ1) is 18.0. The number of hydrogen-bond acceptors (Lipinski definition) is 4. The van der Waals surface area contributed by atoms with Crippen LogP contribution in [0.4, 0.5) is 8.78 Å². The second-order valence-corrected chi connectivity index (χ2v) is 9.28. The summed E-state index contributed by atoms with van der Waals surface area (Å²) in [5, 5.41) is 0.886. The molecule has 27 heavy (non-hydrogen) atoms. The lowest BCUT2D eigenvalue weighted by molar-refractivity contribution is 0.585. The van der Waals surface area contributed by atoms with Gasteiger partial charge in [0.25, 0.3) is 0 Å². The minimum atomic E-state index is -3.96. The number of hydrogen-bond donors (Lipinski definition) is 0. The van der Waals surface area contributed by atoms with Crippen LogP contribution in [0.5, 0.6) is 0 Å². The Bertz CT molecular complexity index is 1270. The Morgan fingerprint density at radius 2 is 1.74 bits per heavy atom. The highest BCUT2D eigenvalue weighted by Crippen LogP contribution is 2.43. The van der Waals surface area contributed by atoms with Crippen LogP contribution < -0.4 is 0 Å². The van der Waals surface area contributed by atoms with Gasteiger partial charge in [0.15, 0.2) is 0 Å². The average molecular weight is 422 g/mol. The molecule has 0 atom stereocenters. The first-order valence-corrected chi connectivity index (χ1v) is 10.4. The quantitative estimate of drug-likeness (QED) is 0.424. The van der Waals surface area contributed by atoms with Crippen molar-refractivity contribution in [2.45, 2.75) is 9.10 Å². The van der Waals surface area contributed by atoms with E-state index in [2.05, 4.69) is 4.98 Å². The van der Waals surface area contributed by atoms with E-state index in [1.165, 1.54) is 36.5 Å². The van der Waals surface area contributed by atoms with Gasteiger partial charge in [0.1, 0.15) is 20.7 Å². The number of aromatic nitrogens is 1. The normalized spacial score (nSPS) is 11.8. The standard InChI is InChI=1S/C19H10ClF2NO2S2/c20-11-3-6-13(7-4-11)27(24,25)19-17(14-8-5-12(21)10-16(14)22)15-2-1-9-23-18(15)26-19/h1-10H. The van der Waals surface area contributed by atoms with Gasteiger partial charge in [-0.25, -0.2) is 22.2 Å². The lowest BCUT2D eigenvalue weighted by Crippen LogP contribution is -2.02. The Morgan fingerprint density at radius 1 is 1.00 bits per heavy atom. The van der Waals surface area contributed by atoms with Crippen LogP contribution in [0.1, 0.15) is 0 Å². The molecule has 2 aromatic carbocycles. The Labute approximate surface area is 162 Å². The van der Waals surface area contributed by atoms with Crippen molar-refractivity contribution < 1.29 is 17.2 Å². The Balaban J connectivity index is 2.05. The van der Waals surface area contributed by atoms with Crippen molar-refractivity contribution in [3.63, 3.8) is 0 Å². The van der Waals surface area contributed by atoms with Gasteiger partial charge in [-0.3, -0.25) is 0 Å². The molecule has 2 heterocycles. The molecule has 0 amide bonds. The zero-order valence-corrected chi connectivity index (χ0v) is 15.9. The predicted molar refractivity (Wildman–Crippen MR) is 102 cm³/mol. The van der Waals surface area contributed by atoms with Crippen LogP contribution in [0.25, 0.3) is 21.3 Å². The topological polar surface area (TPSA) is 47.0 Å². The summed E-state index contributed by atoms with van der Waals surface area (Å²) in [5.74, 6) is -1.58. The molecule has 4 rings (SSSR count). The van der Waals surface area contributed by atoms with E-state index < -0.39 is 21.5 Å². The molecule has 4 aromatic rings. The van der Waals surface area contributed by atoms with Crippen molar-refractivity contribution in [1.29, 1.82) is 0 Å². The van der Waals surface area contributed by atoms with E-state index in [9.17, 15) is 17.2 Å². The van der Waals surface area contributed by atoms with Crippen LogP contribution in [-0.4, -0.2) is 13.4 Å². The maximum atomic E-state index is 14.5. The molecule has 2 aromatic heterocycles. The van der Waals surface area contributed by atoms with Gasteiger partial charge in [-0.05, 0) is 48.5 Å². The summed E-state index contributed by atoms with van der Waals surface area (Å²) < 4.78 is 54.3. The van der Waals surface area contributed by atoms with E-state index in [-0.39, 0.29) is 20.2 Å². The van der Waals surface area contributed by atoms with Gasteiger partial charge >= 0.3 is 0 Å². The first-order valence-electron chi connectivity index (χ1n) is 7.71. The molecule has 0 saturated heterocycles. The molecule has 0 saturated carbocycles. The third-order valence-corrected chi connectivity index (χ3v) is 7.66. The minimum Gasteiger partial charge on any atom is -0.245 e. The minimum absolute atomic E-state index is 0.00295. The van der Waals surface area contributed by atoms with Crippen molar-refractivity contribution in [1.82, 2.24) is 4.98 Å². The smallest absolute Gasteiger partial charge is 0.216 e. The highest BCUT2D eigenvalue weighted by molar-refractivity contribution is 7.93. The maximum absolute atomic E-state index is 14.5. The van der Waals surface area contributed by atoms with Crippen LogP contribution in [0.3, 0.4) is 0 Å². The molecule has 0 fully saturated rings. The molecule has 0 bridgehead atoms. The second kappa shape index (κ2) is 6.67. The largest absolute Gasteiger partial charge is 0.245 e. The van der Waals surface area contributed by atoms with Gasteiger partial charge in [0.2, 0.25) is 9.84 Å². The van der Waals surface area contributed by atoms with Gasteiger partial charge in [-0.1, -0.05) is 11.6 Å². The monoisotopic (exact) mass is 421 g/mol. The van der Waals surface area contributed by atoms with Gasteiger partial charge in [0.05, 0.1) is 4.90 Å². The van der Waals surface area contributed by atoms with Crippen molar-refractivity contribution in [3.8, 4) is 11.1 Å². The highest BCUT2D eigenvalue weighted by atomic mass is 35.5. The van der Waals surface area contributed by atoms with Crippen molar-refractivity contribution in [2.24, 2.45) is 0 Å². The van der Waals surface area contributed by atoms with Crippen LogP contribution in [0, 0.1) is 11.6 Å². The number of nitrogens with zero attached hydrogens (tertiary/aromatic N) is 1. The van der Waals surface area contributed by atoms with Gasteiger partial charge < -0.3 is 0 Å². The number of halogens is 3. The Morgan fingerprint density at radius 3 is 2.44 bits per heavy atom. The summed E-state index contributed by atoms with van der Waals surface area (Å²) >= 11 is 6.79. The molecule has 0 N–H and O–H groups in total. The van der Waals surface area contributed by atoms with E-state index >= 15 is 0 Å². The lowest BCUT2D eigenvalue weighted by Gasteiger charge is -2.08. The molecule has 0 aliphatic rings.